The maximum atomic E-state index is 11.8. The molecule has 3 nitrogen and oxygen atoms in total. The van der Waals surface area contributed by atoms with Gasteiger partial charge in [0.25, 0.3) is 0 Å². The van der Waals surface area contributed by atoms with E-state index in [0.717, 1.165) is 22.1 Å². The number of hydrogen-bond donors (Lipinski definition) is 0. The van der Waals surface area contributed by atoms with Crippen LogP contribution in [0.5, 0.6) is 5.75 Å². The van der Waals surface area contributed by atoms with Crippen LogP contribution in [0.15, 0.2) is 73.0 Å². The lowest BCUT2D eigenvalue weighted by molar-refractivity contribution is 0.0712. The predicted octanol–water partition coefficient (Wildman–Crippen LogP) is 4.39. The maximum Gasteiger partial charge on any atom is 0.344 e. The highest BCUT2D eigenvalue weighted by Crippen LogP contribution is 2.31. The molecular formula is C19H12O3. The van der Waals surface area contributed by atoms with E-state index in [2.05, 4.69) is 0 Å². The second-order valence-corrected chi connectivity index (χ2v) is 5.01. The molecule has 22 heavy (non-hydrogen) atoms. The molecule has 0 radical (unpaired) electrons. The first-order valence-corrected chi connectivity index (χ1v) is 6.99. The highest BCUT2D eigenvalue weighted by atomic mass is 16.6. The van der Waals surface area contributed by atoms with Gasteiger partial charge in [0, 0.05) is 10.9 Å². The third-order valence-corrected chi connectivity index (χ3v) is 3.66. The fraction of sp³-hybridized carbons (Fsp3) is 0. The lowest BCUT2D eigenvalue weighted by Crippen LogP contribution is -1.93. The Kier molecular flexibility index (Phi) is 2.90. The van der Waals surface area contributed by atoms with Gasteiger partial charge in [-0.05, 0) is 17.5 Å². The van der Waals surface area contributed by atoms with Crippen LogP contribution in [0.1, 0.15) is 15.9 Å². The van der Waals surface area contributed by atoms with E-state index < -0.39 is 0 Å². The standard InChI is InChI=1S/C19H12O3/c20-19-16-10-4-3-9-15(16)18(22-19)12-21-17-11-5-7-13-6-1-2-8-14(13)17/h1-12H. The van der Waals surface area contributed by atoms with E-state index in [-0.39, 0.29) is 5.97 Å². The van der Waals surface area contributed by atoms with E-state index in [4.69, 9.17) is 9.47 Å². The molecule has 3 heteroatoms. The van der Waals surface area contributed by atoms with Gasteiger partial charge in [0.1, 0.15) is 12.0 Å². The van der Waals surface area contributed by atoms with Crippen LogP contribution in [0.25, 0.3) is 16.5 Å². The Morgan fingerprint density at radius 2 is 1.55 bits per heavy atom. The van der Waals surface area contributed by atoms with E-state index in [9.17, 15) is 4.79 Å². The summed E-state index contributed by atoms with van der Waals surface area (Å²) in [5.74, 6) is 0.822. The van der Waals surface area contributed by atoms with Gasteiger partial charge in [-0.15, -0.1) is 0 Å². The molecule has 1 aliphatic rings. The van der Waals surface area contributed by atoms with E-state index >= 15 is 0 Å². The Hall–Kier alpha value is -3.07. The molecule has 4 rings (SSSR count). The first kappa shape index (κ1) is 12.7. The summed E-state index contributed by atoms with van der Waals surface area (Å²) < 4.78 is 11.0. The molecule has 0 fully saturated rings. The predicted molar refractivity (Wildman–Crippen MR) is 84.4 cm³/mol. The summed E-state index contributed by atoms with van der Waals surface area (Å²) in [6.07, 6.45) is 1.49. The van der Waals surface area contributed by atoms with Crippen molar-refractivity contribution in [3.8, 4) is 5.75 Å². The second kappa shape index (κ2) is 5.04. The summed E-state index contributed by atoms with van der Waals surface area (Å²) in [4.78, 5) is 11.8. The van der Waals surface area contributed by atoms with Gasteiger partial charge in [-0.25, -0.2) is 4.79 Å². The molecule has 0 aromatic heterocycles. The lowest BCUT2D eigenvalue weighted by atomic mass is 10.1. The van der Waals surface area contributed by atoms with Crippen molar-refractivity contribution in [3.63, 3.8) is 0 Å². The SMILES string of the molecule is O=C1OC(=COc2cccc3ccccc23)c2ccccc21. The molecule has 0 atom stereocenters. The van der Waals surface area contributed by atoms with Crippen molar-refractivity contribution in [1.29, 1.82) is 0 Å². The molecule has 1 aliphatic heterocycles. The topological polar surface area (TPSA) is 35.5 Å². The highest BCUT2D eigenvalue weighted by Gasteiger charge is 2.26. The molecule has 3 aromatic rings. The Balaban J connectivity index is 1.72. The fourth-order valence-electron chi connectivity index (χ4n) is 2.59. The summed E-state index contributed by atoms with van der Waals surface area (Å²) in [5.41, 5.74) is 1.32. The van der Waals surface area contributed by atoms with E-state index in [1.54, 1.807) is 6.07 Å². The molecule has 0 bridgehead atoms. The summed E-state index contributed by atoms with van der Waals surface area (Å²) >= 11 is 0. The van der Waals surface area contributed by atoms with Gasteiger partial charge in [-0.2, -0.15) is 0 Å². The van der Waals surface area contributed by atoms with Gasteiger partial charge < -0.3 is 9.47 Å². The molecule has 3 aromatic carbocycles. The Labute approximate surface area is 127 Å². The van der Waals surface area contributed by atoms with Crippen LogP contribution >= 0.6 is 0 Å². The van der Waals surface area contributed by atoms with Crippen LogP contribution in [0.2, 0.25) is 0 Å². The van der Waals surface area contributed by atoms with E-state index in [0.29, 0.717) is 11.3 Å². The van der Waals surface area contributed by atoms with Gasteiger partial charge in [0.2, 0.25) is 0 Å². The van der Waals surface area contributed by atoms with Crippen molar-refractivity contribution in [3.05, 3.63) is 84.1 Å². The normalized spacial score (nSPS) is 14.9. The van der Waals surface area contributed by atoms with Crippen molar-refractivity contribution in [2.24, 2.45) is 0 Å². The van der Waals surface area contributed by atoms with Crippen LogP contribution in [0.4, 0.5) is 0 Å². The number of rotatable bonds is 2. The highest BCUT2D eigenvalue weighted by molar-refractivity contribution is 6.02. The monoisotopic (exact) mass is 288 g/mol. The third kappa shape index (κ3) is 2.04. The molecule has 0 amide bonds. The number of ether oxygens (including phenoxy) is 2. The van der Waals surface area contributed by atoms with Crippen molar-refractivity contribution >= 4 is 22.5 Å². The number of carbonyl (C=O) groups excluding carboxylic acids is 1. The second-order valence-electron chi connectivity index (χ2n) is 5.01. The average molecular weight is 288 g/mol. The van der Waals surface area contributed by atoms with Gasteiger partial charge in [-0.3, -0.25) is 0 Å². The quantitative estimate of drug-likeness (QED) is 0.518. The number of hydrogen-bond acceptors (Lipinski definition) is 3. The Bertz CT molecular complexity index is 904. The molecule has 106 valence electrons. The zero-order chi connectivity index (χ0) is 14.9. The van der Waals surface area contributed by atoms with Gasteiger partial charge >= 0.3 is 5.97 Å². The molecular weight excluding hydrogens is 276 g/mol. The summed E-state index contributed by atoms with van der Waals surface area (Å²) in [5, 5.41) is 2.11. The molecule has 0 saturated heterocycles. The van der Waals surface area contributed by atoms with Crippen LogP contribution in [-0.2, 0) is 4.74 Å². The van der Waals surface area contributed by atoms with E-state index in [1.807, 2.05) is 60.7 Å². The van der Waals surface area contributed by atoms with Crippen molar-refractivity contribution in [1.82, 2.24) is 0 Å². The summed E-state index contributed by atoms with van der Waals surface area (Å²) in [6, 6.07) is 21.1. The molecule has 1 heterocycles. The molecule has 0 saturated carbocycles. The number of benzene rings is 3. The molecule has 0 aliphatic carbocycles. The van der Waals surface area contributed by atoms with Crippen molar-refractivity contribution < 1.29 is 14.3 Å². The maximum absolute atomic E-state index is 11.8. The minimum absolute atomic E-state index is 0.344. The first-order chi connectivity index (χ1) is 10.8. The minimum atomic E-state index is -0.344. The van der Waals surface area contributed by atoms with Crippen LogP contribution in [-0.4, -0.2) is 5.97 Å². The number of fused-ring (bicyclic) bond motifs is 2. The third-order valence-electron chi connectivity index (χ3n) is 3.66. The Morgan fingerprint density at radius 3 is 2.45 bits per heavy atom. The number of carbonyl (C=O) groups is 1. The van der Waals surface area contributed by atoms with Gasteiger partial charge in [0.05, 0.1) is 5.56 Å². The first-order valence-electron chi connectivity index (χ1n) is 6.99. The summed E-state index contributed by atoms with van der Waals surface area (Å²) in [7, 11) is 0. The van der Waals surface area contributed by atoms with Crippen LogP contribution < -0.4 is 4.74 Å². The fourth-order valence-corrected chi connectivity index (χ4v) is 2.59. The molecule has 0 N–H and O–H groups in total. The molecule has 0 spiro atoms. The molecule has 0 unspecified atom stereocenters. The Morgan fingerprint density at radius 1 is 0.818 bits per heavy atom. The zero-order valence-corrected chi connectivity index (χ0v) is 11.7. The zero-order valence-electron chi connectivity index (χ0n) is 11.7. The number of cyclic esters (lactones) is 1. The van der Waals surface area contributed by atoms with Crippen molar-refractivity contribution in [2.75, 3.05) is 0 Å². The average Bonchev–Trinajstić information content (AvgIpc) is 2.89. The van der Waals surface area contributed by atoms with Gasteiger partial charge in [0.15, 0.2) is 5.76 Å². The smallest absolute Gasteiger partial charge is 0.344 e. The minimum Gasteiger partial charge on any atom is -0.460 e. The van der Waals surface area contributed by atoms with Crippen LogP contribution in [0, 0.1) is 0 Å². The lowest BCUT2D eigenvalue weighted by Gasteiger charge is -2.06. The largest absolute Gasteiger partial charge is 0.460 e. The van der Waals surface area contributed by atoms with Gasteiger partial charge in [-0.1, -0.05) is 54.6 Å². The van der Waals surface area contributed by atoms with Crippen molar-refractivity contribution in [2.45, 2.75) is 0 Å². The van der Waals surface area contributed by atoms with E-state index in [1.165, 1.54) is 6.26 Å². The number of esters is 1. The summed E-state index contributed by atoms with van der Waals surface area (Å²) in [6.45, 7) is 0. The van der Waals surface area contributed by atoms with Crippen LogP contribution in [0.3, 0.4) is 0 Å².